The summed E-state index contributed by atoms with van der Waals surface area (Å²) in [4.78, 5) is 8.63. The number of anilines is 2. The number of H-pyrrole nitrogens is 1. The Morgan fingerprint density at radius 2 is 2.08 bits per heavy atom. The smallest absolute Gasteiger partial charge is 0.126 e. The third-order valence-electron chi connectivity index (χ3n) is 4.28. The van der Waals surface area contributed by atoms with Crippen LogP contribution in [0.25, 0.3) is 21.1 Å². The van der Waals surface area contributed by atoms with Gasteiger partial charge in [0.25, 0.3) is 0 Å². The molecule has 4 aromatic rings. The van der Waals surface area contributed by atoms with Crippen molar-refractivity contribution in [2.45, 2.75) is 13.8 Å². The number of aromatic nitrogens is 2. The number of fused-ring (bicyclic) bond motifs is 2. The lowest BCUT2D eigenvalue weighted by Crippen LogP contribution is -1.98. The number of aromatic amines is 1. The van der Waals surface area contributed by atoms with Gasteiger partial charge in [-0.3, -0.25) is 0 Å². The molecule has 0 atom stereocenters. The van der Waals surface area contributed by atoms with Crippen molar-refractivity contribution in [1.82, 2.24) is 9.97 Å². The zero-order valence-electron chi connectivity index (χ0n) is 13.1. The summed E-state index contributed by atoms with van der Waals surface area (Å²) in [5, 5.41) is 15.2. The summed E-state index contributed by atoms with van der Waals surface area (Å²) in [6, 6.07) is 8.44. The highest BCUT2D eigenvalue weighted by Gasteiger charge is 2.17. The van der Waals surface area contributed by atoms with Gasteiger partial charge >= 0.3 is 0 Å². The molecule has 0 radical (unpaired) electrons. The Morgan fingerprint density at radius 3 is 2.88 bits per heavy atom. The second kappa shape index (κ2) is 5.76. The minimum Gasteiger partial charge on any atom is -0.361 e. The van der Waals surface area contributed by atoms with Gasteiger partial charge in [-0.1, -0.05) is 0 Å². The quantitative estimate of drug-likeness (QED) is 0.395. The molecular weight excluding hydrogens is 431 g/mol. The van der Waals surface area contributed by atoms with E-state index in [-0.39, 0.29) is 0 Å². The van der Waals surface area contributed by atoms with Crippen molar-refractivity contribution in [2.24, 2.45) is 0 Å². The molecule has 24 heavy (non-hydrogen) atoms. The van der Waals surface area contributed by atoms with Crippen LogP contribution in [0.4, 0.5) is 11.4 Å². The largest absolute Gasteiger partial charge is 0.361 e. The molecule has 2 N–H and O–H groups in total. The van der Waals surface area contributed by atoms with Crippen LogP contribution in [0.2, 0.25) is 0 Å². The number of benzene rings is 1. The lowest BCUT2D eigenvalue weighted by molar-refractivity contribution is 1.37. The van der Waals surface area contributed by atoms with E-state index in [1.165, 1.54) is 13.8 Å². The Balaban J connectivity index is 1.95. The predicted molar refractivity (Wildman–Crippen MR) is 108 cm³/mol. The van der Waals surface area contributed by atoms with E-state index in [4.69, 9.17) is 0 Å². The van der Waals surface area contributed by atoms with Gasteiger partial charge in [0, 0.05) is 34.4 Å². The topological polar surface area (TPSA) is 64.5 Å². The first-order valence-corrected chi connectivity index (χ1v) is 9.31. The molecule has 0 saturated carbocycles. The number of rotatable bonds is 2. The minimum absolute atomic E-state index is 0.563. The van der Waals surface area contributed by atoms with Crippen molar-refractivity contribution in [3.63, 3.8) is 0 Å². The van der Waals surface area contributed by atoms with E-state index in [1.54, 1.807) is 17.5 Å². The molecule has 0 spiro atoms. The van der Waals surface area contributed by atoms with Gasteiger partial charge in [-0.25, -0.2) is 4.98 Å². The zero-order chi connectivity index (χ0) is 16.8. The number of thiophene rings is 1. The Kier molecular flexibility index (Phi) is 3.70. The molecule has 3 heterocycles. The summed E-state index contributed by atoms with van der Waals surface area (Å²) in [5.74, 6) is 0. The average Bonchev–Trinajstić information content (AvgIpc) is 3.16. The molecule has 118 valence electrons. The average molecular weight is 444 g/mol. The number of nitrogens with one attached hydrogen (secondary N) is 2. The number of nitrogens with zero attached hydrogens (tertiary/aromatic N) is 2. The van der Waals surface area contributed by atoms with Crippen LogP contribution in [0.3, 0.4) is 0 Å². The first-order valence-electron chi connectivity index (χ1n) is 7.41. The molecule has 0 unspecified atom stereocenters. The summed E-state index contributed by atoms with van der Waals surface area (Å²) in [6.45, 7) is 4.17. The Hall–Kier alpha value is -2.11. The van der Waals surface area contributed by atoms with Crippen molar-refractivity contribution < 1.29 is 0 Å². The number of hydrogen-bond donors (Lipinski definition) is 2. The second-order valence-corrected chi connectivity index (χ2v) is 8.45. The molecule has 0 aliphatic heterocycles. The van der Waals surface area contributed by atoms with Crippen molar-refractivity contribution >= 4 is 66.4 Å². The first-order chi connectivity index (χ1) is 11.6. The van der Waals surface area contributed by atoms with Crippen LogP contribution < -0.4 is 5.32 Å². The van der Waals surface area contributed by atoms with Crippen LogP contribution in [0.15, 0.2) is 30.6 Å². The van der Waals surface area contributed by atoms with Crippen molar-refractivity contribution in [3.8, 4) is 6.07 Å². The maximum absolute atomic E-state index is 9.53. The third-order valence-corrected chi connectivity index (χ3v) is 6.74. The summed E-state index contributed by atoms with van der Waals surface area (Å²) < 4.78 is 1.20. The van der Waals surface area contributed by atoms with E-state index in [0.717, 1.165) is 32.7 Å². The summed E-state index contributed by atoms with van der Waals surface area (Å²) >= 11 is 3.98. The number of nitriles is 1. The van der Waals surface area contributed by atoms with E-state index in [9.17, 15) is 5.26 Å². The van der Waals surface area contributed by atoms with Gasteiger partial charge in [0.2, 0.25) is 0 Å². The second-order valence-electron chi connectivity index (χ2n) is 5.64. The fourth-order valence-corrected chi connectivity index (χ4v) is 4.73. The summed E-state index contributed by atoms with van der Waals surface area (Å²) in [5.41, 5.74) is 5.85. The van der Waals surface area contributed by atoms with Gasteiger partial charge < -0.3 is 10.3 Å². The minimum atomic E-state index is 0.563. The van der Waals surface area contributed by atoms with Gasteiger partial charge in [0.1, 0.15) is 10.9 Å². The Labute approximate surface area is 156 Å². The van der Waals surface area contributed by atoms with Crippen LogP contribution in [0.5, 0.6) is 0 Å². The molecule has 0 amide bonds. The lowest BCUT2D eigenvalue weighted by Gasteiger charge is -2.13. The van der Waals surface area contributed by atoms with Crippen LogP contribution >= 0.6 is 33.9 Å². The normalized spacial score (nSPS) is 11.1. The fourth-order valence-electron chi connectivity index (χ4n) is 2.95. The highest BCUT2D eigenvalue weighted by atomic mass is 127. The molecular formula is C18H13IN4S. The van der Waals surface area contributed by atoms with E-state index < -0.39 is 0 Å². The molecule has 3 aromatic heterocycles. The van der Waals surface area contributed by atoms with Crippen LogP contribution in [0.1, 0.15) is 16.7 Å². The highest BCUT2D eigenvalue weighted by molar-refractivity contribution is 14.1. The fraction of sp³-hybridized carbons (Fsp3) is 0.111. The maximum Gasteiger partial charge on any atom is 0.126 e. The van der Waals surface area contributed by atoms with E-state index >= 15 is 0 Å². The van der Waals surface area contributed by atoms with Gasteiger partial charge in [-0.15, -0.1) is 11.3 Å². The molecule has 0 bridgehead atoms. The Morgan fingerprint density at radius 1 is 1.25 bits per heavy atom. The van der Waals surface area contributed by atoms with Gasteiger partial charge in [-0.2, -0.15) is 5.26 Å². The van der Waals surface area contributed by atoms with Gasteiger partial charge in [0.15, 0.2) is 0 Å². The molecule has 6 heteroatoms. The van der Waals surface area contributed by atoms with Gasteiger partial charge in [0.05, 0.1) is 14.1 Å². The monoisotopic (exact) mass is 444 g/mol. The van der Waals surface area contributed by atoms with Crippen LogP contribution in [-0.4, -0.2) is 9.97 Å². The number of halogens is 1. The molecule has 0 aliphatic carbocycles. The molecule has 0 saturated heterocycles. The van der Waals surface area contributed by atoms with Crippen molar-refractivity contribution in [3.05, 3.63) is 50.2 Å². The molecule has 0 aliphatic rings. The third kappa shape index (κ3) is 2.27. The highest BCUT2D eigenvalue weighted by Crippen LogP contribution is 2.39. The van der Waals surface area contributed by atoms with Crippen LogP contribution in [-0.2, 0) is 0 Å². The van der Waals surface area contributed by atoms with Crippen molar-refractivity contribution in [2.75, 3.05) is 5.32 Å². The Bertz CT molecular complexity index is 1130. The maximum atomic E-state index is 9.53. The van der Waals surface area contributed by atoms with Crippen LogP contribution in [0, 0.1) is 28.1 Å². The molecule has 4 nitrogen and oxygen atoms in total. The first kappa shape index (κ1) is 15.4. The molecule has 1 aromatic carbocycles. The summed E-state index contributed by atoms with van der Waals surface area (Å²) in [6.07, 6.45) is 3.60. The van der Waals surface area contributed by atoms with E-state index in [2.05, 4.69) is 69.9 Å². The van der Waals surface area contributed by atoms with E-state index in [0.29, 0.717) is 5.56 Å². The van der Waals surface area contributed by atoms with Crippen molar-refractivity contribution in [1.29, 1.82) is 5.26 Å². The molecule has 0 fully saturated rings. The summed E-state index contributed by atoms with van der Waals surface area (Å²) in [7, 11) is 0. The zero-order valence-corrected chi connectivity index (χ0v) is 16.0. The number of pyridine rings is 1. The van der Waals surface area contributed by atoms with Gasteiger partial charge in [-0.05, 0) is 65.8 Å². The number of hydrogen-bond acceptors (Lipinski definition) is 4. The standard InChI is InChI=1S/C18H13IN4S/c1-9-12-5-6-21-14(12)4-3-13(9)23-16-11(7-20)8-22-18-15(16)10(2)17(19)24-18/h3-6,8,21H,1-2H3,(H,22,23). The SMILES string of the molecule is Cc1c(Nc2c(C#N)cnc3sc(I)c(C)c23)ccc2[nH]ccc12. The predicted octanol–water partition coefficient (Wildman–Crippen LogP) is 5.61. The van der Waals surface area contributed by atoms with E-state index in [1.807, 2.05) is 12.3 Å². The molecule has 4 rings (SSSR count). The number of aryl methyl sites for hydroxylation is 2. The lowest BCUT2D eigenvalue weighted by atomic mass is 10.1.